The Kier molecular flexibility index (Phi) is 5.59. The van der Waals surface area contributed by atoms with E-state index >= 15 is 0 Å². The molecule has 5 rings (SSSR count). The van der Waals surface area contributed by atoms with Crippen LogP contribution in [0.15, 0.2) is 55.2 Å². The molecule has 0 bridgehead atoms. The van der Waals surface area contributed by atoms with Crippen molar-refractivity contribution in [3.8, 4) is 16.8 Å². The molecule has 5 aromatic rings. The second-order valence-electron chi connectivity index (χ2n) is 7.71. The van der Waals surface area contributed by atoms with E-state index in [2.05, 4.69) is 30.4 Å². The molecule has 0 spiro atoms. The second-order valence-corrected chi connectivity index (χ2v) is 7.71. The van der Waals surface area contributed by atoms with Crippen LogP contribution >= 0.6 is 0 Å². The SMILES string of the molecule is Nc1ncnn2c(CCCc3cn(-c4ccccc4F)nn3)cc(-c3cnc(C(F)(F)F)nc3)c12. The van der Waals surface area contributed by atoms with Gasteiger partial charge < -0.3 is 5.73 Å². The fraction of sp³-hybridized carbons (Fsp3) is 0.182. The average molecular weight is 483 g/mol. The number of aryl methyl sites for hydroxylation is 2. The van der Waals surface area contributed by atoms with E-state index in [-0.39, 0.29) is 5.82 Å². The van der Waals surface area contributed by atoms with Gasteiger partial charge in [0.25, 0.3) is 0 Å². The molecular formula is C22H17F4N9. The third-order valence-electron chi connectivity index (χ3n) is 5.38. The Balaban J connectivity index is 1.37. The maximum atomic E-state index is 14.0. The zero-order valence-corrected chi connectivity index (χ0v) is 18.0. The second kappa shape index (κ2) is 8.74. The van der Waals surface area contributed by atoms with E-state index in [0.29, 0.717) is 47.3 Å². The van der Waals surface area contributed by atoms with Crippen molar-refractivity contribution in [1.29, 1.82) is 0 Å². The van der Waals surface area contributed by atoms with E-state index in [9.17, 15) is 17.6 Å². The maximum Gasteiger partial charge on any atom is 0.451 e. The predicted octanol–water partition coefficient (Wildman–Crippen LogP) is 3.68. The van der Waals surface area contributed by atoms with Gasteiger partial charge in [-0.2, -0.15) is 18.3 Å². The monoisotopic (exact) mass is 483 g/mol. The van der Waals surface area contributed by atoms with Crippen molar-refractivity contribution < 1.29 is 17.6 Å². The fourth-order valence-corrected chi connectivity index (χ4v) is 3.76. The Morgan fingerprint density at radius 3 is 2.51 bits per heavy atom. The first-order valence-electron chi connectivity index (χ1n) is 10.5. The summed E-state index contributed by atoms with van der Waals surface area (Å²) in [5, 5.41) is 12.4. The average Bonchev–Trinajstić information content (AvgIpc) is 3.45. The highest BCUT2D eigenvalue weighted by Gasteiger charge is 2.34. The highest BCUT2D eigenvalue weighted by molar-refractivity contribution is 5.87. The first kappa shape index (κ1) is 22.4. The Labute approximate surface area is 195 Å². The molecule has 0 amide bonds. The minimum absolute atomic E-state index is 0.175. The van der Waals surface area contributed by atoms with Crippen LogP contribution < -0.4 is 5.73 Å². The van der Waals surface area contributed by atoms with Gasteiger partial charge in [0, 0.05) is 29.2 Å². The smallest absolute Gasteiger partial charge is 0.382 e. The zero-order chi connectivity index (χ0) is 24.6. The number of alkyl halides is 3. The van der Waals surface area contributed by atoms with E-state index < -0.39 is 17.8 Å². The summed E-state index contributed by atoms with van der Waals surface area (Å²) < 4.78 is 55.5. The Hall–Kier alpha value is -4.42. The van der Waals surface area contributed by atoms with Crippen LogP contribution in [0.5, 0.6) is 0 Å². The van der Waals surface area contributed by atoms with Gasteiger partial charge in [-0.25, -0.2) is 28.5 Å². The number of hydrogen-bond donors (Lipinski definition) is 1. The van der Waals surface area contributed by atoms with Crippen molar-refractivity contribution in [2.45, 2.75) is 25.4 Å². The molecule has 4 heterocycles. The molecule has 35 heavy (non-hydrogen) atoms. The van der Waals surface area contributed by atoms with Gasteiger partial charge in [0.05, 0.1) is 11.9 Å². The van der Waals surface area contributed by atoms with Crippen molar-refractivity contribution in [3.63, 3.8) is 0 Å². The summed E-state index contributed by atoms with van der Waals surface area (Å²) in [7, 11) is 0. The van der Waals surface area contributed by atoms with Gasteiger partial charge in [-0.05, 0) is 37.5 Å². The molecule has 9 nitrogen and oxygen atoms in total. The lowest BCUT2D eigenvalue weighted by Gasteiger charge is -2.05. The van der Waals surface area contributed by atoms with Crippen LogP contribution in [0.4, 0.5) is 23.4 Å². The summed E-state index contributed by atoms with van der Waals surface area (Å²) >= 11 is 0. The standard InChI is InChI=1S/C22H17F4N9/c23-17-6-1-2-7-18(17)34-11-14(32-33-34)4-3-5-15-8-16(19-20(27)30-12-31-35(15)19)13-9-28-21(29-10-13)22(24,25)26/h1-2,6-12H,3-5H2,(H2,27,30,31). The van der Waals surface area contributed by atoms with Crippen LogP contribution in [0, 0.1) is 5.82 Å². The van der Waals surface area contributed by atoms with Crippen molar-refractivity contribution in [2.75, 3.05) is 5.73 Å². The Morgan fingerprint density at radius 1 is 1.00 bits per heavy atom. The van der Waals surface area contributed by atoms with Gasteiger partial charge in [0.1, 0.15) is 23.3 Å². The quantitative estimate of drug-likeness (QED) is 0.367. The molecule has 0 atom stereocenters. The molecule has 0 aliphatic carbocycles. The molecule has 0 aliphatic heterocycles. The van der Waals surface area contributed by atoms with E-state index in [0.717, 1.165) is 18.1 Å². The molecule has 0 saturated heterocycles. The minimum atomic E-state index is -4.64. The van der Waals surface area contributed by atoms with Crippen molar-refractivity contribution in [1.82, 2.24) is 39.6 Å². The van der Waals surface area contributed by atoms with E-state index in [4.69, 9.17) is 5.73 Å². The summed E-state index contributed by atoms with van der Waals surface area (Å²) in [5.74, 6) is -1.45. The van der Waals surface area contributed by atoms with Gasteiger partial charge in [-0.3, -0.25) is 0 Å². The van der Waals surface area contributed by atoms with Gasteiger partial charge >= 0.3 is 6.18 Å². The molecule has 0 saturated carbocycles. The lowest BCUT2D eigenvalue weighted by Crippen LogP contribution is -2.10. The lowest BCUT2D eigenvalue weighted by molar-refractivity contribution is -0.144. The molecule has 1 aromatic carbocycles. The topological polar surface area (TPSA) is 113 Å². The minimum Gasteiger partial charge on any atom is -0.382 e. The molecule has 0 unspecified atom stereocenters. The summed E-state index contributed by atoms with van der Waals surface area (Å²) in [6, 6.07) is 8.05. The fourth-order valence-electron chi connectivity index (χ4n) is 3.76. The van der Waals surface area contributed by atoms with Crippen LogP contribution in [0.2, 0.25) is 0 Å². The van der Waals surface area contributed by atoms with Crippen LogP contribution in [0.3, 0.4) is 0 Å². The summed E-state index contributed by atoms with van der Waals surface area (Å²) in [5.41, 5.74) is 9.14. The number of nitrogens with zero attached hydrogens (tertiary/aromatic N) is 8. The summed E-state index contributed by atoms with van der Waals surface area (Å²) in [6.07, 6.45) is 2.29. The Bertz CT molecular complexity index is 1490. The highest BCUT2D eigenvalue weighted by atomic mass is 19.4. The normalized spacial score (nSPS) is 11.9. The molecule has 4 aromatic heterocycles. The van der Waals surface area contributed by atoms with Crippen LogP contribution in [0.25, 0.3) is 22.3 Å². The zero-order valence-electron chi connectivity index (χ0n) is 18.0. The van der Waals surface area contributed by atoms with Crippen LogP contribution in [-0.4, -0.2) is 39.6 Å². The maximum absolute atomic E-state index is 14.0. The molecule has 2 N–H and O–H groups in total. The lowest BCUT2D eigenvalue weighted by atomic mass is 10.1. The Morgan fingerprint density at radius 2 is 1.77 bits per heavy atom. The number of anilines is 1. The first-order chi connectivity index (χ1) is 16.8. The molecule has 13 heteroatoms. The number of halogens is 4. The number of nitrogens with two attached hydrogens (primary N) is 1. The van der Waals surface area contributed by atoms with Gasteiger partial charge in [0.2, 0.25) is 5.82 Å². The van der Waals surface area contributed by atoms with Crippen LogP contribution in [-0.2, 0) is 19.0 Å². The number of hydrogen-bond acceptors (Lipinski definition) is 7. The summed E-state index contributed by atoms with van der Waals surface area (Å²) in [4.78, 5) is 10.9. The predicted molar refractivity (Wildman–Crippen MR) is 117 cm³/mol. The van der Waals surface area contributed by atoms with Crippen molar-refractivity contribution in [2.24, 2.45) is 0 Å². The number of benzene rings is 1. The van der Waals surface area contributed by atoms with E-state index in [1.807, 2.05) is 0 Å². The summed E-state index contributed by atoms with van der Waals surface area (Å²) in [6.45, 7) is 0. The third-order valence-corrected chi connectivity index (χ3v) is 5.38. The first-order valence-corrected chi connectivity index (χ1v) is 10.5. The van der Waals surface area contributed by atoms with Gasteiger partial charge in [-0.1, -0.05) is 17.3 Å². The molecule has 0 fully saturated rings. The van der Waals surface area contributed by atoms with E-state index in [1.54, 1.807) is 35.0 Å². The number of fused-ring (bicyclic) bond motifs is 1. The van der Waals surface area contributed by atoms with Crippen molar-refractivity contribution in [3.05, 3.63) is 78.3 Å². The third kappa shape index (κ3) is 4.39. The van der Waals surface area contributed by atoms with E-state index in [1.165, 1.54) is 17.1 Å². The number of rotatable bonds is 6. The highest BCUT2D eigenvalue weighted by Crippen LogP contribution is 2.32. The number of aromatic nitrogens is 8. The number of para-hydroxylation sites is 1. The molecule has 0 radical (unpaired) electrons. The van der Waals surface area contributed by atoms with Gasteiger partial charge in [-0.15, -0.1) is 5.10 Å². The molecule has 0 aliphatic rings. The largest absolute Gasteiger partial charge is 0.451 e. The number of nitrogen functional groups attached to an aromatic ring is 1. The molecule has 178 valence electrons. The van der Waals surface area contributed by atoms with Crippen LogP contribution in [0.1, 0.15) is 23.6 Å². The molecular weight excluding hydrogens is 466 g/mol. The van der Waals surface area contributed by atoms with Gasteiger partial charge in [0.15, 0.2) is 5.82 Å². The van der Waals surface area contributed by atoms with Crippen molar-refractivity contribution >= 4 is 11.3 Å².